The molecule has 0 spiro atoms. The highest BCUT2D eigenvalue weighted by Crippen LogP contribution is 2.34. The van der Waals surface area contributed by atoms with Crippen LogP contribution in [0.15, 0.2) is 18.2 Å². The average molecular weight is 419 g/mol. The maximum atomic E-state index is 12.5. The lowest BCUT2D eigenvalue weighted by molar-refractivity contribution is -0.118. The molecule has 2 aromatic rings. The summed E-state index contributed by atoms with van der Waals surface area (Å²) >= 11 is 1.05. The van der Waals surface area contributed by atoms with Crippen LogP contribution in [0.3, 0.4) is 0 Å². The van der Waals surface area contributed by atoms with Crippen molar-refractivity contribution in [1.82, 2.24) is 4.90 Å². The van der Waals surface area contributed by atoms with Gasteiger partial charge in [0.2, 0.25) is 0 Å². The highest BCUT2D eigenvalue weighted by molar-refractivity contribution is 7.18. The summed E-state index contributed by atoms with van der Waals surface area (Å²) in [4.78, 5) is 39.1. The van der Waals surface area contributed by atoms with Gasteiger partial charge >= 0.3 is 5.97 Å². The number of thiophene rings is 1. The molecule has 0 saturated heterocycles. The molecule has 0 aliphatic heterocycles. The van der Waals surface area contributed by atoms with Gasteiger partial charge < -0.3 is 19.7 Å². The number of amides is 2. The Kier molecular flexibility index (Phi) is 7.39. The third-order valence-electron chi connectivity index (χ3n) is 4.18. The second kappa shape index (κ2) is 9.56. The van der Waals surface area contributed by atoms with Crippen LogP contribution in [0.5, 0.6) is 5.75 Å². The number of nitrogens with zero attached hydrogens (tertiary/aromatic N) is 1. The van der Waals surface area contributed by atoms with E-state index in [1.807, 2.05) is 32.0 Å². The summed E-state index contributed by atoms with van der Waals surface area (Å²) in [5, 5.41) is 2.97. The molecule has 29 heavy (non-hydrogen) atoms. The Balaban J connectivity index is 2.24. The largest absolute Gasteiger partial charge is 0.483 e. The Hall–Kier alpha value is -2.87. The molecule has 1 aromatic carbocycles. The molecule has 2 amide bonds. The summed E-state index contributed by atoms with van der Waals surface area (Å²) < 4.78 is 10.7. The lowest BCUT2D eigenvalue weighted by Crippen LogP contribution is -2.21. The molecule has 0 fully saturated rings. The molecule has 1 aromatic heterocycles. The van der Waals surface area contributed by atoms with Crippen LogP contribution in [0.4, 0.5) is 5.00 Å². The van der Waals surface area contributed by atoms with Crippen LogP contribution in [-0.4, -0.2) is 50.0 Å². The average Bonchev–Trinajstić information content (AvgIpc) is 2.97. The lowest BCUT2D eigenvalue weighted by Gasteiger charge is -2.10. The van der Waals surface area contributed by atoms with Gasteiger partial charge in [-0.15, -0.1) is 11.3 Å². The number of anilines is 1. The summed E-state index contributed by atoms with van der Waals surface area (Å²) in [6, 6.07) is 5.74. The monoisotopic (exact) mass is 418 g/mol. The second-order valence-corrected chi connectivity index (χ2v) is 7.81. The lowest BCUT2D eigenvalue weighted by atomic mass is 10.1. The predicted octanol–water partition coefficient (Wildman–Crippen LogP) is 3.57. The molecular formula is C21H26N2O5S. The zero-order valence-corrected chi connectivity index (χ0v) is 18.4. The predicted molar refractivity (Wildman–Crippen MR) is 113 cm³/mol. The van der Waals surface area contributed by atoms with Gasteiger partial charge in [0.15, 0.2) is 6.61 Å². The van der Waals surface area contributed by atoms with Crippen molar-refractivity contribution in [2.24, 2.45) is 0 Å². The van der Waals surface area contributed by atoms with E-state index in [0.717, 1.165) is 22.5 Å². The minimum atomic E-state index is -0.579. The molecule has 0 aliphatic carbocycles. The van der Waals surface area contributed by atoms with Crippen molar-refractivity contribution in [3.8, 4) is 5.75 Å². The topological polar surface area (TPSA) is 84.9 Å². The fourth-order valence-corrected chi connectivity index (χ4v) is 3.86. The van der Waals surface area contributed by atoms with E-state index in [2.05, 4.69) is 5.32 Å². The highest BCUT2D eigenvalue weighted by atomic mass is 32.1. The van der Waals surface area contributed by atoms with Crippen LogP contribution in [0.1, 0.15) is 43.6 Å². The Morgan fingerprint density at radius 3 is 2.45 bits per heavy atom. The van der Waals surface area contributed by atoms with Crippen LogP contribution in [0, 0.1) is 20.8 Å². The molecule has 156 valence electrons. The van der Waals surface area contributed by atoms with Gasteiger partial charge in [-0.1, -0.05) is 12.1 Å². The molecule has 0 atom stereocenters. The van der Waals surface area contributed by atoms with Gasteiger partial charge in [-0.05, 0) is 50.5 Å². The van der Waals surface area contributed by atoms with Crippen molar-refractivity contribution in [3.05, 3.63) is 45.3 Å². The van der Waals surface area contributed by atoms with E-state index < -0.39 is 11.9 Å². The Morgan fingerprint density at radius 1 is 1.14 bits per heavy atom. The van der Waals surface area contributed by atoms with Crippen LogP contribution in [-0.2, 0) is 9.53 Å². The zero-order valence-electron chi connectivity index (χ0n) is 17.5. The Morgan fingerprint density at radius 2 is 1.83 bits per heavy atom. The summed E-state index contributed by atoms with van der Waals surface area (Å²) in [6.45, 7) is 7.17. The summed E-state index contributed by atoms with van der Waals surface area (Å²) in [5.74, 6) is -0.631. The minimum Gasteiger partial charge on any atom is -0.483 e. The number of carbonyl (C=O) groups excluding carboxylic acids is 3. The van der Waals surface area contributed by atoms with E-state index in [4.69, 9.17) is 9.47 Å². The SMILES string of the molecule is CCOC(=O)c1c(NC(=O)COc2cc(C)ccc2C)sc(C(=O)N(C)C)c1C. The van der Waals surface area contributed by atoms with Gasteiger partial charge in [-0.25, -0.2) is 4.79 Å². The molecule has 8 heteroatoms. The van der Waals surface area contributed by atoms with Crippen molar-refractivity contribution in [2.45, 2.75) is 27.7 Å². The maximum Gasteiger partial charge on any atom is 0.341 e. The normalized spacial score (nSPS) is 10.4. The van der Waals surface area contributed by atoms with Crippen LogP contribution < -0.4 is 10.1 Å². The van der Waals surface area contributed by atoms with Gasteiger partial charge in [0.25, 0.3) is 11.8 Å². The van der Waals surface area contributed by atoms with Crippen molar-refractivity contribution in [1.29, 1.82) is 0 Å². The third kappa shape index (κ3) is 5.35. The van der Waals surface area contributed by atoms with E-state index in [-0.39, 0.29) is 29.7 Å². The van der Waals surface area contributed by atoms with E-state index in [1.165, 1.54) is 4.90 Å². The standard InChI is InChI=1S/C21H26N2O5S/c1-7-27-21(26)17-14(4)18(20(25)23(5)6)29-19(17)22-16(24)11-28-15-10-12(2)8-9-13(15)3/h8-10H,7,11H2,1-6H3,(H,22,24). The molecule has 0 unspecified atom stereocenters. The first-order valence-electron chi connectivity index (χ1n) is 9.17. The number of nitrogens with one attached hydrogen (secondary N) is 1. The summed E-state index contributed by atoms with van der Waals surface area (Å²) in [7, 11) is 3.25. The van der Waals surface area contributed by atoms with Crippen molar-refractivity contribution >= 4 is 34.1 Å². The van der Waals surface area contributed by atoms with E-state index in [1.54, 1.807) is 27.9 Å². The fraction of sp³-hybridized carbons (Fsp3) is 0.381. The molecule has 7 nitrogen and oxygen atoms in total. The maximum absolute atomic E-state index is 12.5. The fourth-order valence-electron chi connectivity index (χ4n) is 2.63. The third-order valence-corrected chi connectivity index (χ3v) is 5.38. The first kappa shape index (κ1) is 22.4. The molecular weight excluding hydrogens is 392 g/mol. The summed E-state index contributed by atoms with van der Waals surface area (Å²) in [5.41, 5.74) is 2.62. The van der Waals surface area contributed by atoms with Crippen molar-refractivity contribution in [2.75, 3.05) is 32.6 Å². The molecule has 1 heterocycles. The smallest absolute Gasteiger partial charge is 0.341 e. The van der Waals surface area contributed by atoms with Crippen molar-refractivity contribution in [3.63, 3.8) is 0 Å². The number of ether oxygens (including phenoxy) is 2. The second-order valence-electron chi connectivity index (χ2n) is 6.79. The minimum absolute atomic E-state index is 0.189. The van der Waals surface area contributed by atoms with E-state index in [0.29, 0.717) is 16.2 Å². The van der Waals surface area contributed by atoms with Gasteiger partial charge in [-0.3, -0.25) is 9.59 Å². The quantitative estimate of drug-likeness (QED) is 0.695. The molecule has 0 bridgehead atoms. The number of rotatable bonds is 7. The van der Waals surface area contributed by atoms with Crippen LogP contribution in [0.25, 0.3) is 0 Å². The molecule has 0 saturated carbocycles. The Labute approximate surface area is 174 Å². The van der Waals surface area contributed by atoms with Gasteiger partial charge in [0, 0.05) is 14.1 Å². The van der Waals surface area contributed by atoms with Gasteiger partial charge in [0.1, 0.15) is 10.8 Å². The number of benzene rings is 1. The number of esters is 1. The zero-order chi connectivity index (χ0) is 21.7. The molecule has 0 radical (unpaired) electrons. The summed E-state index contributed by atoms with van der Waals surface area (Å²) in [6.07, 6.45) is 0. The van der Waals surface area contributed by atoms with Crippen LogP contribution >= 0.6 is 11.3 Å². The van der Waals surface area contributed by atoms with Gasteiger partial charge in [0.05, 0.1) is 17.0 Å². The van der Waals surface area contributed by atoms with Crippen molar-refractivity contribution < 1.29 is 23.9 Å². The first-order valence-corrected chi connectivity index (χ1v) is 9.99. The van der Waals surface area contributed by atoms with E-state index in [9.17, 15) is 14.4 Å². The number of hydrogen-bond acceptors (Lipinski definition) is 6. The number of aryl methyl sites for hydroxylation is 2. The Bertz CT molecular complexity index is 933. The number of hydrogen-bond donors (Lipinski definition) is 1. The van der Waals surface area contributed by atoms with Crippen LogP contribution in [0.2, 0.25) is 0 Å². The molecule has 2 rings (SSSR count). The highest BCUT2D eigenvalue weighted by Gasteiger charge is 2.27. The first-order chi connectivity index (χ1) is 13.6. The van der Waals surface area contributed by atoms with E-state index >= 15 is 0 Å². The number of carbonyl (C=O) groups is 3. The molecule has 0 aliphatic rings. The van der Waals surface area contributed by atoms with Gasteiger partial charge in [-0.2, -0.15) is 0 Å². The molecule has 1 N–H and O–H groups in total.